The van der Waals surface area contributed by atoms with Crippen LogP contribution in [0.2, 0.25) is 5.28 Å². The number of aryl methyl sites for hydroxylation is 1. The number of carbonyl (C=O) groups excluding carboxylic acids is 1. The van der Waals surface area contributed by atoms with Crippen molar-refractivity contribution < 1.29 is 9.53 Å². The molecule has 0 saturated carbocycles. The van der Waals surface area contributed by atoms with Gasteiger partial charge in [0.1, 0.15) is 5.69 Å². The van der Waals surface area contributed by atoms with Gasteiger partial charge in [-0.15, -0.1) is 0 Å². The summed E-state index contributed by atoms with van der Waals surface area (Å²) in [4.78, 5) is 22.1. The molecule has 1 aromatic rings. The van der Waals surface area contributed by atoms with Crippen LogP contribution in [-0.2, 0) is 4.74 Å². The first-order valence-corrected chi connectivity index (χ1v) is 6.29. The van der Waals surface area contributed by atoms with Crippen molar-refractivity contribution in [3.8, 4) is 0 Å². The van der Waals surface area contributed by atoms with E-state index in [9.17, 15) is 4.79 Å². The third kappa shape index (κ3) is 2.79. The van der Waals surface area contributed by atoms with Gasteiger partial charge in [-0.3, -0.25) is 4.79 Å². The lowest BCUT2D eigenvalue weighted by atomic mass is 10.2. The minimum atomic E-state index is -0.120. The van der Waals surface area contributed by atoms with Crippen molar-refractivity contribution in [2.45, 2.75) is 32.9 Å². The number of aromatic nitrogens is 2. The molecule has 98 valence electrons. The highest BCUT2D eigenvalue weighted by molar-refractivity contribution is 6.28. The van der Waals surface area contributed by atoms with E-state index in [1.807, 2.05) is 13.8 Å². The molecule has 0 radical (unpaired) electrons. The Labute approximate surface area is 111 Å². The van der Waals surface area contributed by atoms with Crippen LogP contribution in [0.3, 0.4) is 0 Å². The summed E-state index contributed by atoms with van der Waals surface area (Å²) in [5.41, 5.74) is 1.03. The van der Waals surface area contributed by atoms with Crippen LogP contribution in [0.4, 0.5) is 0 Å². The van der Waals surface area contributed by atoms with Gasteiger partial charge in [-0.1, -0.05) is 0 Å². The van der Waals surface area contributed by atoms with Crippen LogP contribution in [0.1, 0.15) is 30.0 Å². The van der Waals surface area contributed by atoms with Gasteiger partial charge in [0.25, 0.3) is 5.91 Å². The van der Waals surface area contributed by atoms with Gasteiger partial charge in [0.2, 0.25) is 5.28 Å². The van der Waals surface area contributed by atoms with Gasteiger partial charge in [0.05, 0.1) is 18.8 Å². The molecule has 1 aliphatic rings. The van der Waals surface area contributed by atoms with E-state index in [0.29, 0.717) is 24.5 Å². The summed E-state index contributed by atoms with van der Waals surface area (Å²) in [7, 11) is 0. The molecule has 0 bridgehead atoms. The van der Waals surface area contributed by atoms with E-state index in [4.69, 9.17) is 16.3 Å². The summed E-state index contributed by atoms with van der Waals surface area (Å²) in [5.74, 6) is -0.120. The molecule has 5 nitrogen and oxygen atoms in total. The van der Waals surface area contributed by atoms with Crippen molar-refractivity contribution in [2.24, 2.45) is 0 Å². The Morgan fingerprint density at radius 3 is 2.89 bits per heavy atom. The molecule has 1 aliphatic heterocycles. The van der Waals surface area contributed by atoms with Gasteiger partial charge in [0, 0.05) is 12.2 Å². The summed E-state index contributed by atoms with van der Waals surface area (Å²) in [6, 6.07) is 1.70. The van der Waals surface area contributed by atoms with Crippen LogP contribution >= 0.6 is 11.6 Å². The zero-order chi connectivity index (χ0) is 13.3. The summed E-state index contributed by atoms with van der Waals surface area (Å²) in [5, 5.41) is 0.104. The van der Waals surface area contributed by atoms with Crippen LogP contribution < -0.4 is 0 Å². The fourth-order valence-electron chi connectivity index (χ4n) is 1.98. The number of rotatable bonds is 1. The van der Waals surface area contributed by atoms with Crippen LogP contribution in [-0.4, -0.2) is 46.1 Å². The lowest BCUT2D eigenvalue weighted by molar-refractivity contribution is -0.0389. The van der Waals surface area contributed by atoms with Gasteiger partial charge >= 0.3 is 0 Å². The highest BCUT2D eigenvalue weighted by atomic mass is 35.5. The Balaban J connectivity index is 2.24. The van der Waals surface area contributed by atoms with E-state index in [1.165, 1.54) is 0 Å². The largest absolute Gasteiger partial charge is 0.375 e. The van der Waals surface area contributed by atoms with Crippen molar-refractivity contribution in [1.82, 2.24) is 14.9 Å². The molecule has 1 amide bonds. The Morgan fingerprint density at radius 1 is 1.50 bits per heavy atom. The molecular formula is C12H16ClN3O2. The minimum absolute atomic E-state index is 0.0442. The van der Waals surface area contributed by atoms with Gasteiger partial charge in [0.15, 0.2) is 0 Å². The maximum atomic E-state index is 12.4. The summed E-state index contributed by atoms with van der Waals surface area (Å²) < 4.78 is 5.50. The Bertz CT molecular complexity index is 446. The quantitative estimate of drug-likeness (QED) is 0.728. The van der Waals surface area contributed by atoms with E-state index >= 15 is 0 Å². The maximum Gasteiger partial charge on any atom is 0.273 e. The van der Waals surface area contributed by atoms with Gasteiger partial charge in [-0.05, 0) is 38.4 Å². The minimum Gasteiger partial charge on any atom is -0.375 e. The lowest BCUT2D eigenvalue weighted by Crippen LogP contribution is -2.50. The molecule has 0 aliphatic carbocycles. The van der Waals surface area contributed by atoms with Gasteiger partial charge in [-0.2, -0.15) is 0 Å². The first kappa shape index (κ1) is 13.2. The number of halogens is 1. The molecule has 0 N–H and O–H groups in total. The molecule has 18 heavy (non-hydrogen) atoms. The number of hydrogen-bond donors (Lipinski definition) is 0. The number of carbonyl (C=O) groups is 1. The van der Waals surface area contributed by atoms with E-state index in [0.717, 1.165) is 0 Å². The molecule has 0 spiro atoms. The average molecular weight is 270 g/mol. The Hall–Kier alpha value is -1.20. The normalized spacial score (nSPS) is 24.1. The van der Waals surface area contributed by atoms with E-state index in [-0.39, 0.29) is 23.3 Å². The Morgan fingerprint density at radius 2 is 2.22 bits per heavy atom. The molecule has 1 saturated heterocycles. The third-order valence-electron chi connectivity index (χ3n) is 2.91. The van der Waals surface area contributed by atoms with Crippen molar-refractivity contribution in [2.75, 3.05) is 13.2 Å². The predicted molar refractivity (Wildman–Crippen MR) is 67.7 cm³/mol. The number of nitrogens with zero attached hydrogens (tertiary/aromatic N) is 3. The van der Waals surface area contributed by atoms with Crippen LogP contribution in [0.15, 0.2) is 6.07 Å². The second-order valence-electron chi connectivity index (χ2n) is 4.61. The van der Waals surface area contributed by atoms with Gasteiger partial charge in [-0.25, -0.2) is 9.97 Å². The van der Waals surface area contributed by atoms with Crippen molar-refractivity contribution in [1.29, 1.82) is 0 Å². The van der Waals surface area contributed by atoms with E-state index in [2.05, 4.69) is 9.97 Å². The van der Waals surface area contributed by atoms with Crippen LogP contribution in [0.5, 0.6) is 0 Å². The van der Waals surface area contributed by atoms with Gasteiger partial charge < -0.3 is 9.64 Å². The first-order valence-electron chi connectivity index (χ1n) is 5.91. The number of morpholine rings is 1. The van der Waals surface area contributed by atoms with Crippen molar-refractivity contribution in [3.63, 3.8) is 0 Å². The number of amides is 1. The highest BCUT2D eigenvalue weighted by Crippen LogP contribution is 2.15. The molecule has 6 heteroatoms. The van der Waals surface area contributed by atoms with Crippen molar-refractivity contribution in [3.05, 3.63) is 22.7 Å². The standard InChI is InChI=1S/C12H16ClN3O2/c1-7-4-10(15-12(13)14-7)11(17)16-5-9(3)18-6-8(16)2/h4,8-9H,5-6H2,1-3H3. The zero-order valence-electron chi connectivity index (χ0n) is 10.7. The van der Waals surface area contributed by atoms with E-state index in [1.54, 1.807) is 17.9 Å². The molecule has 0 aromatic carbocycles. The van der Waals surface area contributed by atoms with Crippen molar-refractivity contribution >= 4 is 17.5 Å². The lowest BCUT2D eigenvalue weighted by Gasteiger charge is -2.36. The third-order valence-corrected chi connectivity index (χ3v) is 3.08. The van der Waals surface area contributed by atoms with E-state index < -0.39 is 0 Å². The molecule has 1 aromatic heterocycles. The summed E-state index contributed by atoms with van der Waals surface area (Å²) >= 11 is 5.78. The molecule has 2 atom stereocenters. The second kappa shape index (κ2) is 5.20. The fourth-order valence-corrected chi connectivity index (χ4v) is 2.20. The van der Waals surface area contributed by atoms with Crippen LogP contribution in [0, 0.1) is 6.92 Å². The zero-order valence-corrected chi connectivity index (χ0v) is 11.4. The smallest absolute Gasteiger partial charge is 0.273 e. The fraction of sp³-hybridized carbons (Fsp3) is 0.583. The molecule has 2 rings (SSSR count). The van der Waals surface area contributed by atoms with Crippen LogP contribution in [0.25, 0.3) is 0 Å². The molecule has 1 fully saturated rings. The Kier molecular flexibility index (Phi) is 3.82. The molecular weight excluding hydrogens is 254 g/mol. The topological polar surface area (TPSA) is 55.3 Å². The maximum absolute atomic E-state index is 12.4. The summed E-state index contributed by atoms with van der Waals surface area (Å²) in [6.07, 6.45) is 0.0450. The second-order valence-corrected chi connectivity index (χ2v) is 4.95. The first-order chi connectivity index (χ1) is 8.47. The number of ether oxygens (including phenoxy) is 1. The number of hydrogen-bond acceptors (Lipinski definition) is 4. The predicted octanol–water partition coefficient (Wildman–Crippen LogP) is 1.69. The molecule has 2 unspecified atom stereocenters. The molecule has 2 heterocycles. The monoisotopic (exact) mass is 269 g/mol. The SMILES string of the molecule is Cc1cc(C(=O)N2CC(C)OCC2C)nc(Cl)n1. The average Bonchev–Trinajstić information content (AvgIpc) is 2.30. The highest BCUT2D eigenvalue weighted by Gasteiger charge is 2.29. The summed E-state index contributed by atoms with van der Waals surface area (Å²) in [6.45, 7) is 6.81.